The second-order valence-electron chi connectivity index (χ2n) is 9.87. The first-order valence-corrected chi connectivity index (χ1v) is 12.2. The fourth-order valence-corrected chi connectivity index (χ4v) is 5.84. The fraction of sp³-hybridized carbons (Fsp3) is 0.500. The molecule has 7 heteroatoms. The Morgan fingerprint density at radius 2 is 2.09 bits per heavy atom. The zero-order chi connectivity index (χ0) is 22.4. The largest absolute Gasteiger partial charge is 0.492 e. The zero-order valence-corrected chi connectivity index (χ0v) is 19.2. The Kier molecular flexibility index (Phi) is 4.99. The molecule has 0 amide bonds. The highest BCUT2D eigenvalue weighted by Gasteiger charge is 2.44. The third-order valence-corrected chi connectivity index (χ3v) is 7.59. The molecule has 0 bridgehead atoms. The summed E-state index contributed by atoms with van der Waals surface area (Å²) >= 11 is 0. The van der Waals surface area contributed by atoms with Crippen molar-refractivity contribution in [2.75, 3.05) is 37.7 Å². The quantitative estimate of drug-likeness (QED) is 0.592. The van der Waals surface area contributed by atoms with Gasteiger partial charge in [-0.05, 0) is 63.8 Å². The van der Waals surface area contributed by atoms with E-state index in [-0.39, 0.29) is 0 Å². The van der Waals surface area contributed by atoms with Gasteiger partial charge in [0.1, 0.15) is 17.6 Å². The maximum Gasteiger partial charge on any atom is 0.138 e. The number of anilines is 1. The van der Waals surface area contributed by atoms with Crippen LogP contribution in [0.3, 0.4) is 0 Å². The molecule has 0 aromatic carbocycles. The normalized spacial score (nSPS) is 23.3. The lowest BCUT2D eigenvalue weighted by atomic mass is 9.79. The zero-order valence-electron chi connectivity index (χ0n) is 19.2. The molecule has 3 fully saturated rings. The predicted molar refractivity (Wildman–Crippen MR) is 127 cm³/mol. The van der Waals surface area contributed by atoms with Crippen LogP contribution in [0, 0.1) is 16.7 Å². The number of likely N-dealkylation sites (tertiary alicyclic amines) is 1. The molecular formula is C26H30N6O. The Morgan fingerprint density at radius 1 is 1.18 bits per heavy atom. The van der Waals surface area contributed by atoms with Crippen LogP contribution in [0.5, 0.6) is 5.75 Å². The highest BCUT2D eigenvalue weighted by molar-refractivity contribution is 5.85. The maximum atomic E-state index is 9.57. The summed E-state index contributed by atoms with van der Waals surface area (Å²) in [5, 5.41) is 13.9. The topological polar surface area (TPSA) is 69.7 Å². The van der Waals surface area contributed by atoms with Gasteiger partial charge in [0.15, 0.2) is 0 Å². The first kappa shape index (κ1) is 20.5. The van der Waals surface area contributed by atoms with Crippen LogP contribution in [-0.2, 0) is 0 Å². The van der Waals surface area contributed by atoms with Crippen LogP contribution in [0.25, 0.3) is 16.6 Å². The van der Waals surface area contributed by atoms with Gasteiger partial charge in [-0.2, -0.15) is 10.4 Å². The van der Waals surface area contributed by atoms with Crippen molar-refractivity contribution in [1.29, 1.82) is 5.26 Å². The Labute approximate surface area is 194 Å². The van der Waals surface area contributed by atoms with Crippen molar-refractivity contribution in [3.05, 3.63) is 42.4 Å². The lowest BCUT2D eigenvalue weighted by Gasteiger charge is -2.40. The Morgan fingerprint density at radius 3 is 2.85 bits per heavy atom. The molecule has 6 rings (SSSR count). The molecule has 1 atom stereocenters. The third kappa shape index (κ3) is 3.72. The van der Waals surface area contributed by atoms with Crippen LogP contribution in [0.15, 0.2) is 36.8 Å². The number of fused-ring (bicyclic) bond motifs is 1. The van der Waals surface area contributed by atoms with E-state index < -0.39 is 0 Å². The summed E-state index contributed by atoms with van der Waals surface area (Å²) in [4.78, 5) is 10.1. The second-order valence-corrected chi connectivity index (χ2v) is 9.87. The predicted octanol–water partition coefficient (Wildman–Crippen LogP) is 4.12. The molecule has 3 aromatic rings. The highest BCUT2D eigenvalue weighted by atomic mass is 16.5. The lowest BCUT2D eigenvalue weighted by Crippen LogP contribution is -2.45. The summed E-state index contributed by atoms with van der Waals surface area (Å²) in [5.41, 5.74) is 3.65. The van der Waals surface area contributed by atoms with Gasteiger partial charge < -0.3 is 9.64 Å². The van der Waals surface area contributed by atoms with Gasteiger partial charge in [-0.1, -0.05) is 0 Å². The molecule has 0 radical (unpaired) electrons. The van der Waals surface area contributed by atoms with Crippen molar-refractivity contribution in [1.82, 2.24) is 19.5 Å². The SMILES string of the molecule is CCOc1cc(-c2ccc(N3CCC4(CCCN(C5CC5)C4)C3)nc2)c2c(C#N)cnn2c1. The molecule has 2 saturated heterocycles. The van der Waals surface area contributed by atoms with E-state index in [1.807, 2.05) is 25.4 Å². The highest BCUT2D eigenvalue weighted by Crippen LogP contribution is 2.43. The molecule has 3 aromatic heterocycles. The molecule has 7 nitrogen and oxygen atoms in total. The molecule has 33 heavy (non-hydrogen) atoms. The van der Waals surface area contributed by atoms with E-state index in [0.29, 0.717) is 17.6 Å². The molecule has 1 aliphatic carbocycles. The Bertz CT molecular complexity index is 1210. The number of rotatable bonds is 5. The summed E-state index contributed by atoms with van der Waals surface area (Å²) in [6.45, 7) is 7.26. The fourth-order valence-electron chi connectivity index (χ4n) is 5.84. The Balaban J connectivity index is 1.26. The van der Waals surface area contributed by atoms with Crippen molar-refractivity contribution in [2.45, 2.75) is 45.1 Å². The minimum Gasteiger partial charge on any atom is -0.492 e. The number of aromatic nitrogens is 3. The van der Waals surface area contributed by atoms with Crippen LogP contribution in [0.1, 0.15) is 44.6 Å². The summed E-state index contributed by atoms with van der Waals surface area (Å²) in [7, 11) is 0. The van der Waals surface area contributed by atoms with Crippen LogP contribution < -0.4 is 9.64 Å². The van der Waals surface area contributed by atoms with E-state index >= 15 is 0 Å². The summed E-state index contributed by atoms with van der Waals surface area (Å²) in [5.74, 6) is 1.78. The van der Waals surface area contributed by atoms with E-state index in [9.17, 15) is 5.26 Å². The molecule has 1 spiro atoms. The van der Waals surface area contributed by atoms with Gasteiger partial charge in [0, 0.05) is 48.4 Å². The van der Waals surface area contributed by atoms with Gasteiger partial charge in [-0.25, -0.2) is 9.50 Å². The van der Waals surface area contributed by atoms with E-state index in [2.05, 4.69) is 33.1 Å². The van der Waals surface area contributed by atoms with E-state index in [1.54, 1.807) is 10.7 Å². The second kappa shape index (κ2) is 8.03. The monoisotopic (exact) mass is 442 g/mol. The number of hydrogen-bond donors (Lipinski definition) is 0. The standard InChI is InChI=1S/C26H30N6O/c1-2-33-22-12-23(25-20(13-27)15-29-32(25)16-22)19-4-7-24(28-14-19)31-11-9-26(18-31)8-3-10-30(17-26)21-5-6-21/h4,7,12,14-16,21H,2-3,5-6,8-11,17-18H2,1H3. The minimum atomic E-state index is 0.429. The molecule has 1 saturated carbocycles. The van der Waals surface area contributed by atoms with Crippen molar-refractivity contribution in [3.8, 4) is 22.9 Å². The maximum absolute atomic E-state index is 9.57. The van der Waals surface area contributed by atoms with Crippen LogP contribution in [-0.4, -0.2) is 58.3 Å². The number of hydrogen-bond acceptors (Lipinski definition) is 6. The van der Waals surface area contributed by atoms with E-state index in [1.165, 1.54) is 45.2 Å². The first-order chi connectivity index (χ1) is 16.2. The molecule has 0 N–H and O–H groups in total. The van der Waals surface area contributed by atoms with Gasteiger partial charge in [0.2, 0.25) is 0 Å². The smallest absolute Gasteiger partial charge is 0.138 e. The van der Waals surface area contributed by atoms with Crippen LogP contribution in [0.4, 0.5) is 5.82 Å². The summed E-state index contributed by atoms with van der Waals surface area (Å²) in [6.07, 6.45) is 12.1. The summed E-state index contributed by atoms with van der Waals surface area (Å²) < 4.78 is 7.47. The van der Waals surface area contributed by atoms with E-state index in [0.717, 1.165) is 47.3 Å². The lowest BCUT2D eigenvalue weighted by molar-refractivity contribution is 0.0986. The number of piperidine rings is 1. The van der Waals surface area contributed by atoms with Crippen LogP contribution >= 0.6 is 0 Å². The number of nitriles is 1. The van der Waals surface area contributed by atoms with Gasteiger partial charge in [-0.3, -0.25) is 4.90 Å². The first-order valence-electron chi connectivity index (χ1n) is 12.2. The molecule has 170 valence electrons. The van der Waals surface area contributed by atoms with Gasteiger partial charge in [0.25, 0.3) is 0 Å². The average Bonchev–Trinajstić information content (AvgIpc) is 3.50. The summed E-state index contributed by atoms with van der Waals surface area (Å²) in [6, 6.07) is 9.35. The minimum absolute atomic E-state index is 0.429. The van der Waals surface area contributed by atoms with Crippen molar-refractivity contribution in [3.63, 3.8) is 0 Å². The molecule has 2 aliphatic heterocycles. The van der Waals surface area contributed by atoms with Crippen LogP contribution in [0.2, 0.25) is 0 Å². The van der Waals surface area contributed by atoms with Gasteiger partial charge >= 0.3 is 0 Å². The van der Waals surface area contributed by atoms with Crippen molar-refractivity contribution in [2.24, 2.45) is 5.41 Å². The molecule has 1 unspecified atom stereocenters. The average molecular weight is 443 g/mol. The molecular weight excluding hydrogens is 412 g/mol. The van der Waals surface area contributed by atoms with Gasteiger partial charge in [0.05, 0.1) is 30.1 Å². The molecule has 3 aliphatic rings. The number of ether oxygens (including phenoxy) is 1. The van der Waals surface area contributed by atoms with Gasteiger partial charge in [-0.15, -0.1) is 0 Å². The Hall–Kier alpha value is -3.11. The number of nitrogens with zero attached hydrogens (tertiary/aromatic N) is 6. The number of pyridine rings is 2. The third-order valence-electron chi connectivity index (χ3n) is 7.59. The van der Waals surface area contributed by atoms with Crippen molar-refractivity contribution >= 4 is 11.3 Å². The van der Waals surface area contributed by atoms with E-state index in [4.69, 9.17) is 9.72 Å². The molecule has 5 heterocycles. The van der Waals surface area contributed by atoms with Crippen molar-refractivity contribution < 1.29 is 4.74 Å².